The van der Waals surface area contributed by atoms with Gasteiger partial charge in [-0.1, -0.05) is 6.08 Å². The van der Waals surface area contributed by atoms with Crippen molar-refractivity contribution >= 4 is 17.0 Å². The SMILES string of the molecule is C[C@@H](O)C1=C[C@@H](n2cnc3c(N)ncnc32)[C@@H](O)[C@@H]1O. The van der Waals surface area contributed by atoms with Crippen LogP contribution in [0.5, 0.6) is 0 Å². The van der Waals surface area contributed by atoms with E-state index < -0.39 is 24.4 Å². The van der Waals surface area contributed by atoms with Gasteiger partial charge in [0.05, 0.1) is 18.5 Å². The van der Waals surface area contributed by atoms with Crippen LogP contribution < -0.4 is 5.73 Å². The van der Waals surface area contributed by atoms with E-state index in [0.29, 0.717) is 16.7 Å². The van der Waals surface area contributed by atoms with Gasteiger partial charge in [0, 0.05) is 0 Å². The Bertz CT molecular complexity index is 681. The Labute approximate surface area is 114 Å². The number of aliphatic hydroxyl groups excluding tert-OH is 3. The normalized spacial score (nSPS) is 27.8. The van der Waals surface area contributed by atoms with Crippen LogP contribution in [0.1, 0.15) is 13.0 Å². The fourth-order valence-electron chi connectivity index (χ4n) is 2.50. The molecule has 0 bridgehead atoms. The second-order valence-corrected chi connectivity index (χ2v) is 4.85. The summed E-state index contributed by atoms with van der Waals surface area (Å²) in [5, 5.41) is 29.7. The lowest BCUT2D eigenvalue weighted by atomic mass is 10.1. The summed E-state index contributed by atoms with van der Waals surface area (Å²) in [5.74, 6) is 0.251. The summed E-state index contributed by atoms with van der Waals surface area (Å²) < 4.78 is 1.61. The van der Waals surface area contributed by atoms with Gasteiger partial charge in [0.1, 0.15) is 24.1 Å². The molecule has 20 heavy (non-hydrogen) atoms. The third kappa shape index (κ3) is 1.77. The molecule has 0 saturated carbocycles. The van der Waals surface area contributed by atoms with Gasteiger partial charge in [0.2, 0.25) is 0 Å². The highest BCUT2D eigenvalue weighted by atomic mass is 16.3. The smallest absolute Gasteiger partial charge is 0.166 e. The molecule has 106 valence electrons. The van der Waals surface area contributed by atoms with E-state index in [1.54, 1.807) is 10.6 Å². The maximum atomic E-state index is 10.1. The van der Waals surface area contributed by atoms with Crippen molar-refractivity contribution in [3.8, 4) is 0 Å². The number of rotatable bonds is 2. The van der Waals surface area contributed by atoms with Crippen LogP contribution in [0.25, 0.3) is 11.2 Å². The average Bonchev–Trinajstić information content (AvgIpc) is 2.94. The zero-order valence-corrected chi connectivity index (χ0v) is 10.7. The molecule has 8 heteroatoms. The Balaban J connectivity index is 2.10. The van der Waals surface area contributed by atoms with E-state index in [9.17, 15) is 15.3 Å². The second kappa shape index (κ2) is 4.51. The zero-order valence-electron chi connectivity index (χ0n) is 10.7. The third-order valence-electron chi connectivity index (χ3n) is 3.57. The Morgan fingerprint density at radius 1 is 1.30 bits per heavy atom. The summed E-state index contributed by atoms with van der Waals surface area (Å²) in [5.41, 5.74) is 7.00. The first-order chi connectivity index (χ1) is 9.50. The summed E-state index contributed by atoms with van der Waals surface area (Å²) in [7, 11) is 0. The van der Waals surface area contributed by atoms with Crippen molar-refractivity contribution in [2.45, 2.75) is 31.3 Å². The monoisotopic (exact) mass is 277 g/mol. The van der Waals surface area contributed by atoms with Crippen LogP contribution >= 0.6 is 0 Å². The quantitative estimate of drug-likeness (QED) is 0.517. The van der Waals surface area contributed by atoms with E-state index >= 15 is 0 Å². The Morgan fingerprint density at radius 2 is 2.05 bits per heavy atom. The number of fused-ring (bicyclic) bond motifs is 1. The molecule has 4 atom stereocenters. The molecule has 0 radical (unpaired) electrons. The fraction of sp³-hybridized carbons (Fsp3) is 0.417. The number of nitrogens with zero attached hydrogens (tertiary/aromatic N) is 4. The first-order valence-electron chi connectivity index (χ1n) is 6.19. The molecule has 0 fully saturated rings. The molecule has 2 heterocycles. The number of aliphatic hydroxyl groups is 3. The summed E-state index contributed by atoms with van der Waals surface area (Å²) >= 11 is 0. The predicted molar refractivity (Wildman–Crippen MR) is 70.5 cm³/mol. The van der Waals surface area contributed by atoms with Crippen molar-refractivity contribution in [2.75, 3.05) is 5.73 Å². The molecule has 0 spiro atoms. The number of nitrogen functional groups attached to an aromatic ring is 1. The Hall–Kier alpha value is -2.03. The van der Waals surface area contributed by atoms with Crippen molar-refractivity contribution < 1.29 is 15.3 Å². The van der Waals surface area contributed by atoms with Gasteiger partial charge in [0.25, 0.3) is 0 Å². The Kier molecular flexibility index (Phi) is 2.93. The molecule has 0 aromatic carbocycles. The van der Waals surface area contributed by atoms with Crippen LogP contribution in [0.3, 0.4) is 0 Å². The minimum Gasteiger partial charge on any atom is -0.389 e. The second-order valence-electron chi connectivity index (χ2n) is 4.85. The first kappa shape index (κ1) is 13.0. The summed E-state index contributed by atoms with van der Waals surface area (Å²) in [6, 6.07) is -0.561. The maximum absolute atomic E-state index is 10.1. The van der Waals surface area contributed by atoms with Gasteiger partial charge in [0.15, 0.2) is 11.5 Å². The van der Waals surface area contributed by atoms with Crippen LogP contribution in [0.15, 0.2) is 24.3 Å². The molecule has 0 aliphatic heterocycles. The van der Waals surface area contributed by atoms with Gasteiger partial charge < -0.3 is 25.6 Å². The van der Waals surface area contributed by atoms with Crippen molar-refractivity contribution in [3.63, 3.8) is 0 Å². The predicted octanol–water partition coefficient (Wildman–Crippen LogP) is -1.01. The van der Waals surface area contributed by atoms with Gasteiger partial charge in [-0.2, -0.15) is 0 Å². The maximum Gasteiger partial charge on any atom is 0.166 e. The number of imidazole rings is 1. The standard InChI is InChI=1S/C12H15N5O3/c1-5(18)6-2-7(10(20)9(6)19)17-4-16-8-11(13)14-3-15-12(8)17/h2-5,7,9-10,18-20H,1H3,(H2,13,14,15)/t5-,7-,9-,10-/m1/s1. The largest absolute Gasteiger partial charge is 0.389 e. The van der Waals surface area contributed by atoms with E-state index in [1.807, 2.05) is 0 Å². The Morgan fingerprint density at radius 3 is 2.70 bits per heavy atom. The summed E-state index contributed by atoms with van der Waals surface area (Å²) in [6.45, 7) is 1.54. The molecule has 3 rings (SSSR count). The number of anilines is 1. The first-order valence-corrected chi connectivity index (χ1v) is 6.19. The van der Waals surface area contributed by atoms with Gasteiger partial charge >= 0.3 is 0 Å². The summed E-state index contributed by atoms with van der Waals surface area (Å²) in [4.78, 5) is 12.1. The molecule has 0 unspecified atom stereocenters. The van der Waals surface area contributed by atoms with Crippen molar-refractivity contribution in [1.82, 2.24) is 19.5 Å². The van der Waals surface area contributed by atoms with Gasteiger partial charge in [-0.05, 0) is 12.5 Å². The third-order valence-corrected chi connectivity index (χ3v) is 3.57. The van der Waals surface area contributed by atoms with E-state index in [4.69, 9.17) is 5.73 Å². The lowest BCUT2D eigenvalue weighted by molar-refractivity contribution is 0.0237. The zero-order chi connectivity index (χ0) is 14.4. The van der Waals surface area contributed by atoms with Crippen LogP contribution in [-0.4, -0.2) is 53.2 Å². The van der Waals surface area contributed by atoms with Crippen LogP contribution in [0, 0.1) is 0 Å². The average molecular weight is 277 g/mol. The molecular weight excluding hydrogens is 262 g/mol. The number of hydrogen-bond donors (Lipinski definition) is 4. The number of hydrogen-bond acceptors (Lipinski definition) is 7. The van der Waals surface area contributed by atoms with Crippen molar-refractivity contribution in [2.24, 2.45) is 0 Å². The van der Waals surface area contributed by atoms with E-state index in [2.05, 4.69) is 15.0 Å². The van der Waals surface area contributed by atoms with E-state index in [-0.39, 0.29) is 5.82 Å². The molecule has 8 nitrogen and oxygen atoms in total. The molecule has 5 N–H and O–H groups in total. The fourth-order valence-corrected chi connectivity index (χ4v) is 2.50. The van der Waals surface area contributed by atoms with Gasteiger partial charge in [-0.3, -0.25) is 0 Å². The minimum atomic E-state index is -1.11. The molecule has 1 aliphatic rings. The molecule has 2 aromatic heterocycles. The molecular formula is C12H15N5O3. The van der Waals surface area contributed by atoms with Crippen molar-refractivity contribution in [1.29, 1.82) is 0 Å². The lowest BCUT2D eigenvalue weighted by Gasteiger charge is -2.19. The minimum absolute atomic E-state index is 0.251. The number of aromatic nitrogens is 4. The van der Waals surface area contributed by atoms with Gasteiger partial charge in [-0.15, -0.1) is 0 Å². The lowest BCUT2D eigenvalue weighted by Crippen LogP contribution is -2.31. The highest BCUT2D eigenvalue weighted by molar-refractivity contribution is 5.81. The van der Waals surface area contributed by atoms with Crippen LogP contribution in [0.4, 0.5) is 5.82 Å². The van der Waals surface area contributed by atoms with Crippen molar-refractivity contribution in [3.05, 3.63) is 24.3 Å². The van der Waals surface area contributed by atoms with E-state index in [1.165, 1.54) is 19.6 Å². The molecule has 0 saturated heterocycles. The number of nitrogens with two attached hydrogens (primary N) is 1. The molecule has 0 amide bonds. The molecule has 1 aliphatic carbocycles. The van der Waals surface area contributed by atoms with Gasteiger partial charge in [-0.25, -0.2) is 15.0 Å². The van der Waals surface area contributed by atoms with Crippen LogP contribution in [-0.2, 0) is 0 Å². The topological polar surface area (TPSA) is 130 Å². The molecule has 2 aromatic rings. The van der Waals surface area contributed by atoms with Crippen LogP contribution in [0.2, 0.25) is 0 Å². The highest BCUT2D eigenvalue weighted by Gasteiger charge is 2.38. The summed E-state index contributed by atoms with van der Waals surface area (Å²) in [6.07, 6.45) is 1.40. The highest BCUT2D eigenvalue weighted by Crippen LogP contribution is 2.33. The van der Waals surface area contributed by atoms with E-state index in [0.717, 1.165) is 0 Å².